The highest BCUT2D eigenvalue weighted by Crippen LogP contribution is 2.26. The number of aromatic amines is 1. The molecule has 2 N–H and O–H groups in total. The molecule has 0 aliphatic rings. The molecule has 3 aromatic carbocycles. The van der Waals surface area contributed by atoms with Crippen molar-refractivity contribution in [3.05, 3.63) is 114 Å². The Morgan fingerprint density at radius 2 is 1.61 bits per heavy atom. The molecular formula is C26H21N3O2. The van der Waals surface area contributed by atoms with Crippen LogP contribution in [-0.2, 0) is 6.42 Å². The summed E-state index contributed by atoms with van der Waals surface area (Å²) in [7, 11) is 0. The number of hydrogen-bond donors (Lipinski definition) is 2. The molecule has 0 fully saturated rings. The topological polar surface area (TPSA) is 70.9 Å². The first-order chi connectivity index (χ1) is 15.3. The summed E-state index contributed by atoms with van der Waals surface area (Å²) in [6.45, 7) is 0. The number of carbonyl (C=O) groups excluding carboxylic acids is 1. The second-order valence-electron chi connectivity index (χ2n) is 7.38. The summed E-state index contributed by atoms with van der Waals surface area (Å²) in [6.07, 6.45) is 2.15. The number of furan rings is 1. The Hall–Kier alpha value is -4.12. The fourth-order valence-electron chi connectivity index (χ4n) is 3.76. The zero-order valence-corrected chi connectivity index (χ0v) is 16.8. The lowest BCUT2D eigenvalue weighted by atomic mass is 10.0. The molecule has 31 heavy (non-hydrogen) atoms. The van der Waals surface area contributed by atoms with Gasteiger partial charge in [0.25, 0.3) is 5.91 Å². The van der Waals surface area contributed by atoms with Gasteiger partial charge in [0, 0.05) is 5.56 Å². The third kappa shape index (κ3) is 3.98. The van der Waals surface area contributed by atoms with Crippen LogP contribution >= 0.6 is 0 Å². The minimum Gasteiger partial charge on any atom is -0.459 e. The smallest absolute Gasteiger partial charge is 0.288 e. The maximum atomic E-state index is 13.2. The zero-order valence-electron chi connectivity index (χ0n) is 16.8. The largest absolute Gasteiger partial charge is 0.459 e. The number of fused-ring (bicyclic) bond motifs is 1. The van der Waals surface area contributed by atoms with E-state index < -0.39 is 0 Å². The van der Waals surface area contributed by atoms with E-state index in [2.05, 4.69) is 10.3 Å². The van der Waals surface area contributed by atoms with E-state index in [9.17, 15) is 4.79 Å². The van der Waals surface area contributed by atoms with Crippen molar-refractivity contribution in [2.75, 3.05) is 0 Å². The number of nitrogens with one attached hydrogen (secondary N) is 2. The van der Waals surface area contributed by atoms with Crippen molar-refractivity contribution >= 4 is 16.9 Å². The molecule has 0 spiro atoms. The van der Waals surface area contributed by atoms with Gasteiger partial charge in [0.15, 0.2) is 5.76 Å². The monoisotopic (exact) mass is 407 g/mol. The molecule has 2 heterocycles. The lowest BCUT2D eigenvalue weighted by Crippen LogP contribution is -2.30. The van der Waals surface area contributed by atoms with E-state index in [1.165, 1.54) is 0 Å². The predicted molar refractivity (Wildman–Crippen MR) is 121 cm³/mol. The van der Waals surface area contributed by atoms with Gasteiger partial charge in [0.2, 0.25) is 0 Å². The molecule has 1 atom stereocenters. The number of para-hydroxylation sites is 2. The second-order valence-corrected chi connectivity index (χ2v) is 7.38. The van der Waals surface area contributed by atoms with E-state index in [4.69, 9.17) is 9.40 Å². The minimum atomic E-state index is -0.337. The summed E-state index contributed by atoms with van der Waals surface area (Å²) in [4.78, 5) is 21.3. The molecule has 5 aromatic rings. The number of benzene rings is 3. The number of aromatic nitrogens is 2. The van der Waals surface area contributed by atoms with E-state index in [1.54, 1.807) is 6.26 Å². The molecule has 0 radical (unpaired) electrons. The summed E-state index contributed by atoms with van der Waals surface area (Å²) in [6, 6.07) is 29.1. The van der Waals surface area contributed by atoms with Crippen LogP contribution in [-0.4, -0.2) is 15.9 Å². The molecule has 1 amide bonds. The van der Waals surface area contributed by atoms with Crippen LogP contribution in [0.1, 0.15) is 28.0 Å². The number of imidazole rings is 1. The maximum absolute atomic E-state index is 13.2. The molecule has 5 heteroatoms. The third-order valence-corrected chi connectivity index (χ3v) is 5.28. The highest BCUT2D eigenvalue weighted by molar-refractivity contribution is 5.98. The molecule has 0 saturated heterocycles. The molecule has 152 valence electrons. The van der Waals surface area contributed by atoms with Crippen LogP contribution < -0.4 is 5.32 Å². The van der Waals surface area contributed by atoms with Gasteiger partial charge >= 0.3 is 0 Å². The summed E-state index contributed by atoms with van der Waals surface area (Å²) < 4.78 is 5.58. The summed E-state index contributed by atoms with van der Waals surface area (Å²) in [5, 5.41) is 3.13. The second kappa shape index (κ2) is 8.32. The Balaban J connectivity index is 1.47. The number of rotatable bonds is 6. The van der Waals surface area contributed by atoms with E-state index in [1.807, 2.05) is 91.0 Å². The van der Waals surface area contributed by atoms with Gasteiger partial charge in [-0.3, -0.25) is 4.79 Å². The fraction of sp³-hybridized carbons (Fsp3) is 0.0769. The highest BCUT2D eigenvalue weighted by atomic mass is 16.3. The molecule has 5 rings (SSSR count). The molecule has 0 bridgehead atoms. The highest BCUT2D eigenvalue weighted by Gasteiger charge is 2.23. The summed E-state index contributed by atoms with van der Waals surface area (Å²) in [5.74, 6) is 0.733. The predicted octanol–water partition coefficient (Wildman–Crippen LogP) is 5.54. The van der Waals surface area contributed by atoms with Gasteiger partial charge in [-0.05, 0) is 35.7 Å². The van der Waals surface area contributed by atoms with E-state index in [-0.39, 0.29) is 11.9 Å². The van der Waals surface area contributed by atoms with Crippen molar-refractivity contribution in [1.29, 1.82) is 0 Å². The van der Waals surface area contributed by atoms with Crippen LogP contribution in [0.5, 0.6) is 0 Å². The maximum Gasteiger partial charge on any atom is 0.288 e. The average Bonchev–Trinajstić information content (AvgIpc) is 3.47. The van der Waals surface area contributed by atoms with Gasteiger partial charge in [-0.25, -0.2) is 4.98 Å². The van der Waals surface area contributed by atoms with Crippen LogP contribution in [0.3, 0.4) is 0 Å². The molecular weight excluding hydrogens is 386 g/mol. The Morgan fingerprint density at radius 1 is 0.903 bits per heavy atom. The summed E-state index contributed by atoms with van der Waals surface area (Å²) in [5.41, 5.74) is 4.61. The van der Waals surface area contributed by atoms with Crippen molar-refractivity contribution in [2.24, 2.45) is 0 Å². The van der Waals surface area contributed by atoms with Crippen molar-refractivity contribution in [3.63, 3.8) is 0 Å². The minimum absolute atomic E-state index is 0.273. The Morgan fingerprint density at radius 3 is 2.39 bits per heavy atom. The molecule has 0 aliphatic heterocycles. The first-order valence-electron chi connectivity index (χ1n) is 10.2. The molecule has 2 aromatic heterocycles. The molecule has 0 saturated carbocycles. The van der Waals surface area contributed by atoms with E-state index >= 15 is 0 Å². The normalized spacial score (nSPS) is 12.0. The number of nitrogens with zero attached hydrogens (tertiary/aromatic N) is 1. The van der Waals surface area contributed by atoms with E-state index in [0.29, 0.717) is 18.0 Å². The quantitative estimate of drug-likeness (QED) is 0.388. The van der Waals surface area contributed by atoms with Crippen molar-refractivity contribution in [3.8, 4) is 11.1 Å². The van der Waals surface area contributed by atoms with Gasteiger partial charge in [-0.1, -0.05) is 72.8 Å². The van der Waals surface area contributed by atoms with Gasteiger partial charge in [-0.15, -0.1) is 0 Å². The van der Waals surface area contributed by atoms with Crippen molar-refractivity contribution in [2.45, 2.75) is 12.5 Å². The molecule has 0 unspecified atom stereocenters. The number of amides is 1. The lowest BCUT2D eigenvalue weighted by Gasteiger charge is -2.17. The van der Waals surface area contributed by atoms with Gasteiger partial charge in [0.05, 0.1) is 23.3 Å². The SMILES string of the molecule is O=C(N[C@H](Cc1ccccc1)c1nc2ccccc2[nH]1)c1occc1-c1ccccc1. The van der Waals surface area contributed by atoms with Crippen molar-refractivity contribution < 1.29 is 9.21 Å². The standard InChI is InChI=1S/C26H21N3O2/c30-26(24-20(15-16-31-24)19-11-5-2-6-12-19)29-23(17-18-9-3-1-4-10-18)25-27-21-13-7-8-14-22(21)28-25/h1-16,23H,17H2,(H,27,28)(H,29,30)/t23-/m1/s1. The molecule has 0 aliphatic carbocycles. The van der Waals surface area contributed by atoms with Crippen LogP contribution in [0.4, 0.5) is 0 Å². The van der Waals surface area contributed by atoms with Gasteiger partial charge in [-0.2, -0.15) is 0 Å². The number of carbonyl (C=O) groups is 1. The van der Waals surface area contributed by atoms with Crippen LogP contribution in [0.15, 0.2) is 102 Å². The lowest BCUT2D eigenvalue weighted by molar-refractivity contribution is 0.0907. The number of hydrogen-bond acceptors (Lipinski definition) is 3. The van der Waals surface area contributed by atoms with Crippen LogP contribution in [0, 0.1) is 0 Å². The first kappa shape index (κ1) is 18.9. The van der Waals surface area contributed by atoms with Crippen molar-refractivity contribution in [1.82, 2.24) is 15.3 Å². The Labute approximate surface area is 179 Å². The Kier molecular flexibility index (Phi) is 5.07. The first-order valence-corrected chi connectivity index (χ1v) is 10.2. The third-order valence-electron chi connectivity index (χ3n) is 5.28. The summed E-state index contributed by atoms with van der Waals surface area (Å²) >= 11 is 0. The molecule has 5 nitrogen and oxygen atoms in total. The van der Waals surface area contributed by atoms with Crippen LogP contribution in [0.25, 0.3) is 22.2 Å². The average molecular weight is 407 g/mol. The van der Waals surface area contributed by atoms with Gasteiger partial charge in [0.1, 0.15) is 5.82 Å². The fourth-order valence-corrected chi connectivity index (χ4v) is 3.76. The van der Waals surface area contributed by atoms with E-state index in [0.717, 1.165) is 27.7 Å². The Bertz CT molecular complexity index is 1270. The van der Waals surface area contributed by atoms with Gasteiger partial charge < -0.3 is 14.7 Å². The number of H-pyrrole nitrogens is 1. The van der Waals surface area contributed by atoms with Crippen LogP contribution in [0.2, 0.25) is 0 Å². The zero-order chi connectivity index (χ0) is 21.0.